The summed E-state index contributed by atoms with van der Waals surface area (Å²) in [5.41, 5.74) is -0.741. The first-order valence-electron chi connectivity index (χ1n) is 8.08. The molecule has 0 atom stereocenters. The van der Waals surface area contributed by atoms with E-state index < -0.39 is 23.0 Å². The smallest absolute Gasteiger partial charge is 0.268 e. The van der Waals surface area contributed by atoms with E-state index in [4.69, 9.17) is 21.6 Å². The van der Waals surface area contributed by atoms with E-state index in [1.807, 2.05) is 18.2 Å². The van der Waals surface area contributed by atoms with Gasteiger partial charge in [0.05, 0.1) is 17.1 Å². The van der Waals surface area contributed by atoms with Gasteiger partial charge in [-0.05, 0) is 24.3 Å². The van der Waals surface area contributed by atoms with Gasteiger partial charge in [-0.3, -0.25) is 4.79 Å². The van der Waals surface area contributed by atoms with Crippen molar-refractivity contribution in [1.29, 1.82) is 10.5 Å². The molecule has 28 heavy (non-hydrogen) atoms. The van der Waals surface area contributed by atoms with Gasteiger partial charge in [0.2, 0.25) is 0 Å². The van der Waals surface area contributed by atoms with Gasteiger partial charge in [0, 0.05) is 12.6 Å². The highest BCUT2D eigenvalue weighted by atomic mass is 35.5. The summed E-state index contributed by atoms with van der Waals surface area (Å²) >= 11 is 5.83. The summed E-state index contributed by atoms with van der Waals surface area (Å²) in [6.07, 6.45) is 0. The molecule has 0 bridgehead atoms. The Morgan fingerprint density at radius 2 is 1.93 bits per heavy atom. The van der Waals surface area contributed by atoms with Crippen LogP contribution in [0.15, 0.2) is 48.0 Å². The van der Waals surface area contributed by atoms with E-state index in [0.717, 1.165) is 12.1 Å². The number of nitrogens with zero attached hydrogens (tertiary/aromatic N) is 3. The third-order valence-electron chi connectivity index (χ3n) is 3.81. The summed E-state index contributed by atoms with van der Waals surface area (Å²) in [7, 11) is 1.46. The minimum Gasteiger partial charge on any atom is -0.506 e. The Morgan fingerprint density at radius 3 is 2.54 bits per heavy atom. The molecule has 2 aromatic rings. The van der Waals surface area contributed by atoms with Crippen LogP contribution in [-0.2, 0) is 4.79 Å². The topological polar surface area (TPSA) is 118 Å². The number of benzene rings is 2. The number of phenols is 1. The molecule has 0 saturated heterocycles. The monoisotopic (exact) mass is 397 g/mol. The lowest BCUT2D eigenvalue weighted by atomic mass is 10.0. The molecule has 0 fully saturated rings. The molecule has 8 heteroatoms. The number of aliphatic hydroxyl groups is 1. The Labute approximate surface area is 166 Å². The lowest BCUT2D eigenvalue weighted by Gasteiger charge is -2.17. The zero-order valence-corrected chi connectivity index (χ0v) is 15.6. The molecular weight excluding hydrogens is 382 g/mol. The number of amides is 1. The number of para-hydroxylation sites is 1. The quantitative estimate of drug-likeness (QED) is 0.439. The first-order valence-corrected chi connectivity index (χ1v) is 8.46. The average Bonchev–Trinajstić information content (AvgIpc) is 2.70. The van der Waals surface area contributed by atoms with Crippen molar-refractivity contribution in [3.8, 4) is 23.6 Å². The van der Waals surface area contributed by atoms with Gasteiger partial charge in [-0.25, -0.2) is 0 Å². The fraction of sp³-hybridized carbons (Fsp3) is 0.150. The van der Waals surface area contributed by atoms with Crippen LogP contribution >= 0.6 is 11.6 Å². The first kappa shape index (κ1) is 20.6. The number of ether oxygens (including phenoxy) is 1. The Morgan fingerprint density at radius 1 is 1.25 bits per heavy atom. The largest absolute Gasteiger partial charge is 0.506 e. The molecule has 142 valence electrons. The highest BCUT2D eigenvalue weighted by molar-refractivity contribution is 6.32. The lowest BCUT2D eigenvalue weighted by molar-refractivity contribution is -0.125. The third kappa shape index (κ3) is 4.73. The van der Waals surface area contributed by atoms with Gasteiger partial charge in [0.1, 0.15) is 30.3 Å². The molecule has 0 aliphatic carbocycles. The number of nitriles is 2. The van der Waals surface area contributed by atoms with Crippen LogP contribution in [0, 0.1) is 22.7 Å². The predicted octanol–water partition coefficient (Wildman–Crippen LogP) is 3.25. The number of halogens is 1. The second kappa shape index (κ2) is 9.31. The highest BCUT2D eigenvalue weighted by Gasteiger charge is 2.22. The Kier molecular flexibility index (Phi) is 6.86. The van der Waals surface area contributed by atoms with Crippen LogP contribution in [0.4, 0.5) is 0 Å². The van der Waals surface area contributed by atoms with Crippen LogP contribution < -0.4 is 4.74 Å². The Hall–Kier alpha value is -3.68. The van der Waals surface area contributed by atoms with Gasteiger partial charge in [0.15, 0.2) is 11.3 Å². The van der Waals surface area contributed by atoms with Crippen molar-refractivity contribution in [3.63, 3.8) is 0 Å². The maximum atomic E-state index is 12.5. The van der Waals surface area contributed by atoms with Gasteiger partial charge in [0.25, 0.3) is 5.91 Å². The number of aliphatic hydroxyl groups excluding tert-OH is 1. The number of likely N-dealkylation sites (N-methyl/N-ethyl adjacent to an activating group) is 1. The summed E-state index contributed by atoms with van der Waals surface area (Å²) < 4.78 is 5.51. The van der Waals surface area contributed by atoms with E-state index in [1.165, 1.54) is 11.9 Å². The fourth-order valence-electron chi connectivity index (χ4n) is 2.28. The molecule has 0 aromatic heterocycles. The average molecular weight is 398 g/mol. The second-order valence-electron chi connectivity index (χ2n) is 5.69. The van der Waals surface area contributed by atoms with E-state index in [-0.39, 0.29) is 29.3 Å². The molecule has 0 spiro atoms. The van der Waals surface area contributed by atoms with Gasteiger partial charge in [-0.15, -0.1) is 0 Å². The molecule has 0 unspecified atom stereocenters. The maximum Gasteiger partial charge on any atom is 0.268 e. The van der Waals surface area contributed by atoms with Crippen molar-refractivity contribution in [2.45, 2.75) is 0 Å². The predicted molar refractivity (Wildman–Crippen MR) is 103 cm³/mol. The number of rotatable bonds is 6. The van der Waals surface area contributed by atoms with Gasteiger partial charge >= 0.3 is 0 Å². The fourth-order valence-corrected chi connectivity index (χ4v) is 2.50. The van der Waals surface area contributed by atoms with E-state index in [9.17, 15) is 20.3 Å². The SMILES string of the molecule is CN(CCOc1ccccc1)C(=O)/C(C#N)=C(\O)c1cc(Cl)c(O)c(C#N)c1. The molecule has 1 amide bonds. The molecule has 2 rings (SSSR count). The number of hydrogen-bond donors (Lipinski definition) is 2. The highest BCUT2D eigenvalue weighted by Crippen LogP contribution is 2.31. The minimum atomic E-state index is -0.723. The number of aromatic hydroxyl groups is 1. The number of carbonyl (C=O) groups excluding carboxylic acids is 1. The number of carbonyl (C=O) groups is 1. The Bertz CT molecular complexity index is 991. The molecule has 2 aromatic carbocycles. The van der Waals surface area contributed by atoms with Crippen molar-refractivity contribution in [1.82, 2.24) is 4.90 Å². The van der Waals surface area contributed by atoms with E-state index in [2.05, 4.69) is 0 Å². The molecule has 2 N–H and O–H groups in total. The maximum absolute atomic E-state index is 12.5. The second-order valence-corrected chi connectivity index (χ2v) is 6.10. The van der Waals surface area contributed by atoms with Crippen molar-refractivity contribution >= 4 is 23.3 Å². The normalized spacial score (nSPS) is 11.0. The van der Waals surface area contributed by atoms with Crippen LogP contribution in [0.25, 0.3) is 5.76 Å². The van der Waals surface area contributed by atoms with Crippen molar-refractivity contribution in [2.75, 3.05) is 20.2 Å². The molecule has 0 radical (unpaired) electrons. The van der Waals surface area contributed by atoms with Crippen molar-refractivity contribution < 1.29 is 19.7 Å². The van der Waals surface area contributed by atoms with Gasteiger partial charge in [-0.2, -0.15) is 10.5 Å². The van der Waals surface area contributed by atoms with Crippen LogP contribution in [0.2, 0.25) is 5.02 Å². The summed E-state index contributed by atoms with van der Waals surface area (Å²) in [5.74, 6) is -1.16. The summed E-state index contributed by atoms with van der Waals surface area (Å²) in [6.45, 7) is 0.362. The zero-order chi connectivity index (χ0) is 20.7. The molecular formula is C20H16ClN3O4. The van der Waals surface area contributed by atoms with Crippen LogP contribution in [0.3, 0.4) is 0 Å². The van der Waals surface area contributed by atoms with E-state index in [1.54, 1.807) is 24.3 Å². The molecule has 0 saturated carbocycles. The number of phenolic OH excluding ortho intramolecular Hbond substituents is 1. The standard InChI is InChI=1S/C20H16ClN3O4/c1-24(7-8-28-15-5-3-2-4-6-15)20(27)16(12-23)18(25)13-9-14(11-22)19(26)17(21)10-13/h2-6,9-10,25-26H,7-8H2,1H3/b18-16-. The van der Waals surface area contributed by atoms with E-state index >= 15 is 0 Å². The summed E-state index contributed by atoms with van der Waals surface area (Å²) in [4.78, 5) is 13.7. The Balaban J connectivity index is 2.18. The first-order chi connectivity index (χ1) is 13.4. The number of hydrogen-bond acceptors (Lipinski definition) is 6. The van der Waals surface area contributed by atoms with Crippen LogP contribution in [0.1, 0.15) is 11.1 Å². The van der Waals surface area contributed by atoms with E-state index in [0.29, 0.717) is 5.75 Å². The summed E-state index contributed by atoms with van der Waals surface area (Å²) in [6, 6.07) is 14.7. The van der Waals surface area contributed by atoms with Crippen LogP contribution in [0.5, 0.6) is 11.5 Å². The van der Waals surface area contributed by atoms with Crippen LogP contribution in [-0.4, -0.2) is 41.2 Å². The molecule has 0 aliphatic heterocycles. The minimum absolute atomic E-state index is 0.0295. The summed E-state index contributed by atoms with van der Waals surface area (Å²) in [5, 5.41) is 38.2. The lowest BCUT2D eigenvalue weighted by Crippen LogP contribution is -2.32. The molecule has 0 aliphatic rings. The van der Waals surface area contributed by atoms with Crippen molar-refractivity contribution in [3.05, 3.63) is 64.2 Å². The zero-order valence-electron chi connectivity index (χ0n) is 14.9. The molecule has 0 heterocycles. The third-order valence-corrected chi connectivity index (χ3v) is 4.09. The van der Waals surface area contributed by atoms with Gasteiger partial charge in [-0.1, -0.05) is 29.8 Å². The van der Waals surface area contributed by atoms with Crippen molar-refractivity contribution in [2.24, 2.45) is 0 Å². The molecule has 7 nitrogen and oxygen atoms in total. The van der Waals surface area contributed by atoms with Gasteiger partial charge < -0.3 is 19.8 Å².